The van der Waals surface area contributed by atoms with Gasteiger partial charge < -0.3 is 20.2 Å². The molecule has 2 aliphatic heterocycles. The molecule has 1 fully saturated rings. The molecule has 13 heteroatoms. The van der Waals surface area contributed by atoms with Gasteiger partial charge in [0.05, 0.1) is 29.5 Å². The highest BCUT2D eigenvalue weighted by atomic mass is 16.3. The molecule has 0 bridgehead atoms. The van der Waals surface area contributed by atoms with Crippen LogP contribution in [0.4, 0.5) is 0 Å². The van der Waals surface area contributed by atoms with E-state index in [1.807, 2.05) is 51.1 Å². The molecule has 3 aromatic rings. The van der Waals surface area contributed by atoms with E-state index in [0.717, 1.165) is 18.4 Å². The Hall–Kier alpha value is -4.68. The van der Waals surface area contributed by atoms with Gasteiger partial charge in [-0.25, -0.2) is 19.6 Å². The topological polar surface area (TPSA) is 164 Å². The summed E-state index contributed by atoms with van der Waals surface area (Å²) >= 11 is 0. The number of carboxylic acid groups (broad SMARTS) is 1. The lowest BCUT2D eigenvalue weighted by Gasteiger charge is -2.36. The monoisotopic (exact) mass is 604 g/mol. The fourth-order valence-corrected chi connectivity index (χ4v) is 5.88. The smallest absolute Gasteiger partial charge is 0.290 e. The minimum atomic E-state index is -0.528. The number of carbonyl (C=O) groups excluding carboxylic acids is 3. The van der Waals surface area contributed by atoms with Crippen molar-refractivity contribution in [2.24, 2.45) is 0 Å². The zero-order valence-corrected chi connectivity index (χ0v) is 25.5. The molecule has 2 N–H and O–H groups in total. The lowest BCUT2D eigenvalue weighted by Crippen LogP contribution is -2.53. The number of amides is 3. The fraction of sp³-hybridized carbons (Fsp3) is 0.484. The molecule has 0 spiro atoms. The Morgan fingerprint density at radius 1 is 1.00 bits per heavy atom. The number of hydrogen-bond acceptors (Lipinski definition) is 8. The molecular weight excluding hydrogens is 564 g/mol. The Labute approximate surface area is 256 Å². The quantitative estimate of drug-likeness (QED) is 0.427. The molecule has 0 unspecified atom stereocenters. The third-order valence-corrected chi connectivity index (χ3v) is 7.97. The molecule has 5 rings (SSSR count). The molecule has 2 aromatic heterocycles. The summed E-state index contributed by atoms with van der Waals surface area (Å²) in [4.78, 5) is 66.0. The van der Waals surface area contributed by atoms with E-state index in [0.29, 0.717) is 74.0 Å². The van der Waals surface area contributed by atoms with Crippen LogP contribution in [0.5, 0.6) is 0 Å². The summed E-state index contributed by atoms with van der Waals surface area (Å²) in [5.41, 5.74) is 2.78. The summed E-state index contributed by atoms with van der Waals surface area (Å²) < 4.78 is 1.81. The Balaban J connectivity index is 0.00000141. The third-order valence-electron chi connectivity index (χ3n) is 7.97. The number of rotatable bonds is 3. The number of nitrogens with one attached hydrogen (secondary N) is 1. The minimum Gasteiger partial charge on any atom is -0.483 e. The van der Waals surface area contributed by atoms with Gasteiger partial charge in [0, 0.05) is 26.1 Å². The second-order valence-electron chi connectivity index (χ2n) is 11.0. The molecule has 13 nitrogen and oxygen atoms in total. The van der Waals surface area contributed by atoms with Gasteiger partial charge in [0.15, 0.2) is 0 Å². The van der Waals surface area contributed by atoms with Crippen molar-refractivity contribution < 1.29 is 24.3 Å². The number of piperidine rings is 1. The number of aromatic nitrogens is 5. The second-order valence-corrected chi connectivity index (χ2v) is 11.0. The number of carbonyl (C=O) groups is 4. The molecule has 2 atom stereocenters. The van der Waals surface area contributed by atoms with Crippen LogP contribution in [0.15, 0.2) is 36.7 Å². The zero-order chi connectivity index (χ0) is 31.6. The van der Waals surface area contributed by atoms with Gasteiger partial charge in [-0.2, -0.15) is 5.10 Å². The molecule has 2 aliphatic rings. The highest BCUT2D eigenvalue weighted by molar-refractivity contribution is 5.96. The molecule has 0 saturated carbocycles. The van der Waals surface area contributed by atoms with Crippen LogP contribution in [-0.2, 0) is 27.3 Å². The summed E-state index contributed by atoms with van der Waals surface area (Å²) in [6, 6.07) is 8.96. The van der Waals surface area contributed by atoms with Gasteiger partial charge in [0.1, 0.15) is 24.0 Å². The third kappa shape index (κ3) is 7.82. The molecular formula is C31H40N8O5. The number of fused-ring (bicyclic) bond motifs is 2. The maximum absolute atomic E-state index is 13.8. The summed E-state index contributed by atoms with van der Waals surface area (Å²) in [5, 5.41) is 14.8. The maximum Gasteiger partial charge on any atom is 0.290 e. The van der Waals surface area contributed by atoms with Crippen molar-refractivity contribution in [3.63, 3.8) is 0 Å². The first-order chi connectivity index (χ1) is 21.2. The molecule has 44 heavy (non-hydrogen) atoms. The van der Waals surface area contributed by atoms with Gasteiger partial charge in [-0.3, -0.25) is 19.2 Å². The van der Waals surface area contributed by atoms with Crippen LogP contribution in [0.25, 0.3) is 0 Å². The second kappa shape index (κ2) is 15.2. The van der Waals surface area contributed by atoms with Crippen molar-refractivity contribution in [1.82, 2.24) is 39.8 Å². The predicted octanol–water partition coefficient (Wildman–Crippen LogP) is 2.41. The molecule has 0 radical (unpaired) electrons. The van der Waals surface area contributed by atoms with Gasteiger partial charge in [0.2, 0.25) is 11.8 Å². The van der Waals surface area contributed by atoms with E-state index < -0.39 is 12.1 Å². The summed E-state index contributed by atoms with van der Waals surface area (Å²) in [6.45, 7) is 6.88. The Morgan fingerprint density at radius 2 is 1.70 bits per heavy atom. The normalized spacial score (nSPS) is 19.4. The van der Waals surface area contributed by atoms with E-state index in [4.69, 9.17) is 14.9 Å². The van der Waals surface area contributed by atoms with Crippen molar-refractivity contribution in [3.05, 3.63) is 70.8 Å². The summed E-state index contributed by atoms with van der Waals surface area (Å²) in [6.07, 6.45) is 5.11. The molecule has 0 aliphatic carbocycles. The van der Waals surface area contributed by atoms with E-state index in [-0.39, 0.29) is 30.6 Å². The van der Waals surface area contributed by atoms with Crippen molar-refractivity contribution in [1.29, 1.82) is 0 Å². The fourth-order valence-electron chi connectivity index (χ4n) is 5.88. The molecule has 4 heterocycles. The molecule has 234 valence electrons. The highest BCUT2D eigenvalue weighted by Crippen LogP contribution is 2.23. The number of hydrogen-bond donors (Lipinski definition) is 2. The number of benzene rings is 1. The zero-order valence-electron chi connectivity index (χ0n) is 25.5. The van der Waals surface area contributed by atoms with E-state index in [1.54, 1.807) is 14.5 Å². The van der Waals surface area contributed by atoms with Crippen LogP contribution in [0, 0.1) is 20.8 Å². The number of aryl methyl sites for hydroxylation is 3. The van der Waals surface area contributed by atoms with Gasteiger partial charge in [-0.1, -0.05) is 30.3 Å². The highest BCUT2D eigenvalue weighted by Gasteiger charge is 2.34. The predicted molar refractivity (Wildman–Crippen MR) is 160 cm³/mol. The Morgan fingerprint density at radius 3 is 2.41 bits per heavy atom. The van der Waals surface area contributed by atoms with E-state index >= 15 is 0 Å². The average Bonchev–Trinajstić information content (AvgIpc) is 3.38. The van der Waals surface area contributed by atoms with Crippen molar-refractivity contribution in [2.75, 3.05) is 19.6 Å². The van der Waals surface area contributed by atoms with Crippen LogP contribution < -0.4 is 5.32 Å². The average molecular weight is 605 g/mol. The standard InChI is InChI=1S/C30H38N8O3.CH2O2/c1-20-27(21(2)32-19-31-20)30(41)36-14-9-13-26(39)37-15-8-7-12-25(37)29(40)34-24(18-23-10-5-4-6-11-23)28-33-22(3)35-38(28)17-16-36;2-1-3/h4-6,10-11,19,24-25H,7-9,12-18H2,1-3H3,(H,34,40);1H,(H,2,3)/t24-,25+;/m1./s1. The van der Waals surface area contributed by atoms with Crippen LogP contribution in [-0.4, -0.2) is 89.5 Å². The molecule has 1 aromatic carbocycles. The maximum atomic E-state index is 13.8. The van der Waals surface area contributed by atoms with E-state index in [1.165, 1.54) is 6.33 Å². The Bertz CT molecular complexity index is 1440. The number of nitrogens with zero attached hydrogens (tertiary/aromatic N) is 7. The minimum absolute atomic E-state index is 0.0525. The van der Waals surface area contributed by atoms with Gasteiger partial charge >= 0.3 is 0 Å². The van der Waals surface area contributed by atoms with Crippen LogP contribution >= 0.6 is 0 Å². The first-order valence-electron chi connectivity index (χ1n) is 14.9. The van der Waals surface area contributed by atoms with Crippen LogP contribution in [0.2, 0.25) is 0 Å². The van der Waals surface area contributed by atoms with Crippen LogP contribution in [0.1, 0.15) is 77.1 Å². The first kappa shape index (κ1) is 32.2. The summed E-state index contributed by atoms with van der Waals surface area (Å²) in [5.74, 6) is 0.849. The summed E-state index contributed by atoms with van der Waals surface area (Å²) in [7, 11) is 0. The first-order valence-corrected chi connectivity index (χ1v) is 14.9. The van der Waals surface area contributed by atoms with Gasteiger partial charge in [0.25, 0.3) is 12.4 Å². The van der Waals surface area contributed by atoms with Crippen LogP contribution in [0.3, 0.4) is 0 Å². The Kier molecular flexibility index (Phi) is 11.1. The van der Waals surface area contributed by atoms with E-state index in [2.05, 4.69) is 20.4 Å². The van der Waals surface area contributed by atoms with Gasteiger partial charge in [-0.15, -0.1) is 0 Å². The van der Waals surface area contributed by atoms with Crippen molar-refractivity contribution in [3.8, 4) is 0 Å². The lowest BCUT2D eigenvalue weighted by atomic mass is 9.99. The molecule has 1 saturated heterocycles. The lowest BCUT2D eigenvalue weighted by molar-refractivity contribution is -0.142. The molecule has 3 amide bonds. The largest absolute Gasteiger partial charge is 0.483 e. The van der Waals surface area contributed by atoms with Gasteiger partial charge in [-0.05, 0) is 58.4 Å². The van der Waals surface area contributed by atoms with Crippen molar-refractivity contribution >= 4 is 24.2 Å². The SMILES string of the molecule is Cc1nc2n(n1)CCN(C(=O)c1c(C)ncnc1C)CCCC(=O)N1CCCC[C@H]1C(=O)N[C@@H]2Cc1ccccc1.O=CO. The van der Waals surface area contributed by atoms with Crippen molar-refractivity contribution in [2.45, 2.75) is 77.9 Å². The van der Waals surface area contributed by atoms with E-state index in [9.17, 15) is 14.4 Å².